The number of benzene rings is 1. The van der Waals surface area contributed by atoms with Crippen LogP contribution in [0.1, 0.15) is 18.1 Å². The highest BCUT2D eigenvalue weighted by Gasteiger charge is 2.29. The molecule has 0 heterocycles. The van der Waals surface area contributed by atoms with Gasteiger partial charge in [-0.05, 0) is 24.6 Å². The molecular weight excluding hydrogens is 283 g/mol. The van der Waals surface area contributed by atoms with Gasteiger partial charge in [0.25, 0.3) is 0 Å². The Morgan fingerprint density at radius 2 is 1.74 bits per heavy atom. The number of hydrazone groups is 2. The van der Waals surface area contributed by atoms with E-state index >= 15 is 0 Å². The molecule has 5 N–H and O–H groups in total. The van der Waals surface area contributed by atoms with E-state index in [1.54, 1.807) is 6.92 Å². The second-order valence-corrected chi connectivity index (χ2v) is 3.40. The van der Waals surface area contributed by atoms with Gasteiger partial charge in [-0.15, -0.1) is 17.5 Å². The van der Waals surface area contributed by atoms with Crippen molar-refractivity contribution in [2.24, 2.45) is 21.8 Å². The van der Waals surface area contributed by atoms with E-state index in [1.807, 2.05) is 0 Å². The van der Waals surface area contributed by atoms with E-state index in [4.69, 9.17) is 11.6 Å². The summed E-state index contributed by atoms with van der Waals surface area (Å²) >= 11 is 0. The van der Waals surface area contributed by atoms with Crippen LogP contribution in [0.2, 0.25) is 0 Å². The molecule has 0 saturated carbocycles. The Bertz CT molecular complexity index is 467. The topological polar surface area (TPSA) is 88.8 Å². The number of nitrogens with two attached hydrogens (primary N) is 2. The fourth-order valence-electron chi connectivity index (χ4n) is 1.13. The third-order valence-corrected chi connectivity index (χ3v) is 2.11. The molecule has 0 atom stereocenters. The third kappa shape index (κ3) is 5.04. The first-order valence-electron chi connectivity index (χ1n) is 4.86. The van der Waals surface area contributed by atoms with E-state index < -0.39 is 11.7 Å². The Balaban J connectivity index is 0.00000324. The lowest BCUT2D eigenvalue weighted by Gasteiger charge is -2.07. The second-order valence-electron chi connectivity index (χ2n) is 3.40. The van der Waals surface area contributed by atoms with Gasteiger partial charge in [-0.25, -0.2) is 5.43 Å². The number of rotatable bonds is 2. The van der Waals surface area contributed by atoms with Crippen molar-refractivity contribution in [1.29, 1.82) is 0 Å². The third-order valence-electron chi connectivity index (χ3n) is 2.11. The molecule has 1 rings (SSSR count). The first-order chi connectivity index (χ1) is 8.34. The summed E-state index contributed by atoms with van der Waals surface area (Å²) in [6.07, 6.45) is -4.35. The maximum atomic E-state index is 12.3. The summed E-state index contributed by atoms with van der Waals surface area (Å²) in [7, 11) is 0. The summed E-state index contributed by atoms with van der Waals surface area (Å²) in [6, 6.07) is 4.60. The Morgan fingerprint density at radius 1 is 1.21 bits per heavy atom. The van der Waals surface area contributed by atoms with Crippen molar-refractivity contribution in [2.75, 3.05) is 0 Å². The van der Waals surface area contributed by atoms with E-state index in [0.717, 1.165) is 12.1 Å². The van der Waals surface area contributed by atoms with Crippen LogP contribution in [0.5, 0.6) is 0 Å². The van der Waals surface area contributed by atoms with Gasteiger partial charge in [0.05, 0.1) is 11.3 Å². The van der Waals surface area contributed by atoms with Crippen molar-refractivity contribution in [2.45, 2.75) is 13.1 Å². The number of nitrogens with zero attached hydrogens (tertiary/aromatic N) is 2. The lowest BCUT2D eigenvalue weighted by Crippen LogP contribution is -2.29. The zero-order valence-corrected chi connectivity index (χ0v) is 10.7. The summed E-state index contributed by atoms with van der Waals surface area (Å²) in [5.41, 5.74) is 7.85. The fourth-order valence-corrected chi connectivity index (χ4v) is 1.13. The molecule has 0 aromatic heterocycles. The van der Waals surface area contributed by atoms with Gasteiger partial charge < -0.3 is 11.6 Å². The van der Waals surface area contributed by atoms with Crippen LogP contribution >= 0.6 is 12.4 Å². The number of hydrogen-bond acceptors (Lipinski definition) is 3. The van der Waals surface area contributed by atoms with Crippen molar-refractivity contribution < 1.29 is 13.2 Å². The molecule has 1 aromatic carbocycles. The highest BCUT2D eigenvalue weighted by molar-refractivity contribution is 5.99. The van der Waals surface area contributed by atoms with Gasteiger partial charge in [0.2, 0.25) is 5.96 Å². The molecule has 0 amide bonds. The zero-order valence-electron chi connectivity index (χ0n) is 9.90. The summed E-state index contributed by atoms with van der Waals surface area (Å²) in [6.45, 7) is 1.61. The van der Waals surface area contributed by atoms with Gasteiger partial charge >= 0.3 is 6.18 Å². The molecule has 0 saturated heterocycles. The molecule has 0 spiro atoms. The largest absolute Gasteiger partial charge is 0.416 e. The van der Waals surface area contributed by atoms with Crippen LogP contribution in [-0.4, -0.2) is 11.7 Å². The van der Waals surface area contributed by atoms with Crippen LogP contribution in [-0.2, 0) is 6.18 Å². The minimum Gasteiger partial charge on any atom is -0.367 e. The second kappa shape index (κ2) is 6.83. The Hall–Kier alpha value is -1.96. The lowest BCUT2D eigenvalue weighted by atomic mass is 10.1. The van der Waals surface area contributed by atoms with Crippen LogP contribution in [0, 0.1) is 0 Å². The average molecular weight is 296 g/mol. The van der Waals surface area contributed by atoms with Crippen molar-refractivity contribution in [1.82, 2.24) is 5.43 Å². The summed E-state index contributed by atoms with van der Waals surface area (Å²) in [5, 5.41) is 6.93. The Morgan fingerprint density at radius 3 is 2.16 bits per heavy atom. The standard InChI is InChI=1S/C10H12F3N5.ClH/c1-6(17-18-9(14)16-15)7-2-4-8(5-3-7)10(11,12)13;/h2-5H,15H2,1H3,(H3,14,16,18);1H/b17-6-;. The van der Waals surface area contributed by atoms with Gasteiger partial charge in [0.15, 0.2) is 0 Å². The first-order valence-corrected chi connectivity index (χ1v) is 4.86. The highest BCUT2D eigenvalue weighted by atomic mass is 35.5. The minimum atomic E-state index is -4.35. The van der Waals surface area contributed by atoms with Gasteiger partial charge in [0, 0.05) is 0 Å². The normalized spacial score (nSPS) is 12.8. The summed E-state index contributed by atoms with van der Waals surface area (Å²) < 4.78 is 37.0. The van der Waals surface area contributed by atoms with Crippen LogP contribution in [0.25, 0.3) is 0 Å². The van der Waals surface area contributed by atoms with Crippen molar-refractivity contribution in [3.05, 3.63) is 35.4 Å². The maximum Gasteiger partial charge on any atom is 0.416 e. The average Bonchev–Trinajstić information content (AvgIpc) is 2.34. The van der Waals surface area contributed by atoms with Crippen LogP contribution in [0.15, 0.2) is 34.5 Å². The fraction of sp³-hybridized carbons (Fsp3) is 0.200. The molecule has 0 fully saturated rings. The smallest absolute Gasteiger partial charge is 0.367 e. The van der Waals surface area contributed by atoms with Crippen molar-refractivity contribution in [3.63, 3.8) is 0 Å². The van der Waals surface area contributed by atoms with E-state index in [9.17, 15) is 13.2 Å². The molecule has 0 unspecified atom stereocenters. The summed E-state index contributed by atoms with van der Waals surface area (Å²) in [5.74, 6) is 4.77. The maximum absolute atomic E-state index is 12.3. The first kappa shape index (κ1) is 17.0. The molecule has 106 valence electrons. The lowest BCUT2D eigenvalue weighted by molar-refractivity contribution is -0.137. The van der Waals surface area contributed by atoms with Gasteiger partial charge in [-0.2, -0.15) is 18.3 Å². The SMILES string of the molecule is C/C(=N/NC(N)=NN)c1ccc(C(F)(F)F)cc1.Cl. The quantitative estimate of drug-likeness (QED) is 0.335. The molecule has 1 aromatic rings. The van der Waals surface area contributed by atoms with Gasteiger partial charge in [-0.3, -0.25) is 0 Å². The molecule has 0 bridgehead atoms. The monoisotopic (exact) mass is 295 g/mol. The zero-order chi connectivity index (χ0) is 13.8. The molecule has 5 nitrogen and oxygen atoms in total. The van der Waals surface area contributed by atoms with Crippen molar-refractivity contribution in [3.8, 4) is 0 Å². The number of guanidine groups is 1. The van der Waals surface area contributed by atoms with Crippen LogP contribution in [0.4, 0.5) is 13.2 Å². The van der Waals surface area contributed by atoms with Crippen LogP contribution in [0.3, 0.4) is 0 Å². The number of hydrogen-bond donors (Lipinski definition) is 3. The highest BCUT2D eigenvalue weighted by Crippen LogP contribution is 2.29. The number of halogens is 4. The molecule has 0 aliphatic carbocycles. The predicted octanol–water partition coefficient (Wildman–Crippen LogP) is 1.63. The number of alkyl halides is 3. The Labute approximate surface area is 114 Å². The minimum absolute atomic E-state index is 0. The van der Waals surface area contributed by atoms with Gasteiger partial charge in [-0.1, -0.05) is 12.1 Å². The predicted molar refractivity (Wildman–Crippen MR) is 69.8 cm³/mol. The van der Waals surface area contributed by atoms with E-state index in [2.05, 4.69) is 15.6 Å². The van der Waals surface area contributed by atoms with Crippen LogP contribution < -0.4 is 17.0 Å². The number of nitrogens with one attached hydrogen (secondary N) is 1. The summed E-state index contributed by atoms with van der Waals surface area (Å²) in [4.78, 5) is 0. The molecule has 19 heavy (non-hydrogen) atoms. The van der Waals surface area contributed by atoms with Gasteiger partial charge in [0.1, 0.15) is 0 Å². The Kier molecular flexibility index (Phi) is 6.13. The van der Waals surface area contributed by atoms with E-state index in [-0.39, 0.29) is 18.4 Å². The molecule has 9 heteroatoms. The molecular formula is C10H13ClF3N5. The molecule has 0 aliphatic rings. The molecule has 0 aliphatic heterocycles. The molecule has 0 radical (unpaired) electrons. The van der Waals surface area contributed by atoms with Crippen molar-refractivity contribution >= 4 is 24.1 Å². The van der Waals surface area contributed by atoms with E-state index in [1.165, 1.54) is 12.1 Å². The van der Waals surface area contributed by atoms with E-state index in [0.29, 0.717) is 11.3 Å².